The second-order valence-corrected chi connectivity index (χ2v) is 8.25. The summed E-state index contributed by atoms with van der Waals surface area (Å²) in [6.45, 7) is 0. The van der Waals surface area contributed by atoms with Gasteiger partial charge in [-0.1, -0.05) is 23.7 Å². The molecule has 0 spiro atoms. The molecule has 0 fully saturated rings. The van der Waals surface area contributed by atoms with Crippen LogP contribution in [-0.2, 0) is 10.0 Å². The van der Waals surface area contributed by atoms with E-state index in [1.807, 2.05) is 4.72 Å². The van der Waals surface area contributed by atoms with Crippen molar-refractivity contribution >= 4 is 44.1 Å². The van der Waals surface area contributed by atoms with Crippen molar-refractivity contribution in [3.05, 3.63) is 82.7 Å². The van der Waals surface area contributed by atoms with Crippen molar-refractivity contribution in [2.45, 2.75) is 4.90 Å². The van der Waals surface area contributed by atoms with E-state index in [0.717, 1.165) is 30.7 Å². The van der Waals surface area contributed by atoms with Crippen LogP contribution in [0, 0.1) is 17.5 Å². The van der Waals surface area contributed by atoms with Crippen LogP contribution in [0.25, 0.3) is 11.0 Å². The molecule has 158 valence electrons. The van der Waals surface area contributed by atoms with Gasteiger partial charge in [-0.2, -0.15) is 0 Å². The maximum atomic E-state index is 15.1. The lowest BCUT2D eigenvalue weighted by Crippen LogP contribution is -2.17. The molecule has 0 saturated carbocycles. The number of H-pyrrole nitrogens is 1. The lowest BCUT2D eigenvalue weighted by molar-refractivity contribution is 0.103. The van der Waals surface area contributed by atoms with Gasteiger partial charge in [-0.25, -0.2) is 31.6 Å². The summed E-state index contributed by atoms with van der Waals surface area (Å²) in [4.78, 5) is 22.4. The Hall–Kier alpha value is -3.44. The van der Waals surface area contributed by atoms with Gasteiger partial charge in [0, 0.05) is 6.20 Å². The lowest BCUT2D eigenvalue weighted by Gasteiger charge is -2.12. The Labute approximate surface area is 178 Å². The van der Waals surface area contributed by atoms with E-state index in [2.05, 4.69) is 15.0 Å². The second-order valence-electron chi connectivity index (χ2n) is 6.24. The van der Waals surface area contributed by atoms with Crippen LogP contribution in [0.3, 0.4) is 0 Å². The molecule has 12 heteroatoms. The van der Waals surface area contributed by atoms with Crippen molar-refractivity contribution in [3.8, 4) is 0 Å². The van der Waals surface area contributed by atoms with Crippen LogP contribution in [0.5, 0.6) is 0 Å². The number of carbonyl (C=O) groups excluding carboxylic acids is 1. The molecule has 0 aliphatic carbocycles. The summed E-state index contributed by atoms with van der Waals surface area (Å²) in [7, 11) is -4.56. The molecular weight excluding hydrogens is 457 g/mol. The van der Waals surface area contributed by atoms with Gasteiger partial charge in [0.1, 0.15) is 33.7 Å². The number of nitrogens with zero attached hydrogens (tertiary/aromatic N) is 2. The molecule has 4 rings (SSSR count). The highest BCUT2D eigenvalue weighted by atomic mass is 35.5. The summed E-state index contributed by atoms with van der Waals surface area (Å²) in [5.74, 6) is -4.90. The lowest BCUT2D eigenvalue weighted by atomic mass is 10.0. The standard InChI is InChI=1S/C19H10ClF3N4O3S/c20-18-14-9(7-24-19(14)26-8-25-18)17(28)15-11(22)5-6-12(16(15)23)27-31(29,30)13-4-2-1-3-10(13)21/h1-8,27H,(H,24,25,26). The zero-order valence-electron chi connectivity index (χ0n) is 15.2. The van der Waals surface area contributed by atoms with E-state index in [9.17, 15) is 22.0 Å². The minimum atomic E-state index is -4.56. The molecule has 0 bridgehead atoms. The van der Waals surface area contributed by atoms with Crippen LogP contribution >= 0.6 is 11.6 Å². The summed E-state index contributed by atoms with van der Waals surface area (Å²) >= 11 is 5.98. The number of anilines is 1. The van der Waals surface area contributed by atoms with Crippen molar-refractivity contribution in [3.63, 3.8) is 0 Å². The highest BCUT2D eigenvalue weighted by Gasteiger charge is 2.27. The predicted octanol–water partition coefficient (Wildman–Crippen LogP) is 4.06. The third kappa shape index (κ3) is 3.62. The number of aromatic amines is 1. The molecule has 31 heavy (non-hydrogen) atoms. The molecule has 2 aromatic carbocycles. The van der Waals surface area contributed by atoms with E-state index in [1.54, 1.807) is 0 Å². The Balaban J connectivity index is 1.80. The minimum Gasteiger partial charge on any atom is -0.345 e. The molecule has 0 aliphatic heterocycles. The van der Waals surface area contributed by atoms with Gasteiger partial charge in [0.25, 0.3) is 10.0 Å². The summed E-state index contributed by atoms with van der Waals surface area (Å²) in [5, 5.41) is -0.0721. The van der Waals surface area contributed by atoms with Crippen molar-refractivity contribution in [2.24, 2.45) is 0 Å². The fraction of sp³-hybridized carbons (Fsp3) is 0. The zero-order chi connectivity index (χ0) is 22.3. The van der Waals surface area contributed by atoms with Crippen LogP contribution in [0.2, 0.25) is 5.15 Å². The van der Waals surface area contributed by atoms with E-state index in [1.165, 1.54) is 12.1 Å². The number of carbonyl (C=O) groups is 1. The van der Waals surface area contributed by atoms with Gasteiger partial charge in [-0.05, 0) is 24.3 Å². The molecule has 7 nitrogen and oxygen atoms in total. The number of benzene rings is 2. The third-order valence-electron chi connectivity index (χ3n) is 4.36. The van der Waals surface area contributed by atoms with Crippen LogP contribution in [0.4, 0.5) is 18.9 Å². The maximum Gasteiger partial charge on any atom is 0.264 e. The van der Waals surface area contributed by atoms with Crippen LogP contribution in [-0.4, -0.2) is 29.2 Å². The predicted molar refractivity (Wildman–Crippen MR) is 106 cm³/mol. The van der Waals surface area contributed by atoms with Gasteiger partial charge in [-0.15, -0.1) is 0 Å². The average molecular weight is 467 g/mol. The number of hydrogen-bond acceptors (Lipinski definition) is 5. The van der Waals surface area contributed by atoms with E-state index >= 15 is 4.39 Å². The van der Waals surface area contributed by atoms with Crippen molar-refractivity contribution in [1.29, 1.82) is 0 Å². The Bertz CT molecular complexity index is 1460. The van der Waals surface area contributed by atoms with Crippen LogP contribution < -0.4 is 4.72 Å². The van der Waals surface area contributed by atoms with Gasteiger partial charge in [0.2, 0.25) is 5.78 Å². The normalized spacial score (nSPS) is 11.6. The highest BCUT2D eigenvalue weighted by Crippen LogP contribution is 2.30. The fourth-order valence-electron chi connectivity index (χ4n) is 2.94. The highest BCUT2D eigenvalue weighted by molar-refractivity contribution is 7.92. The SMILES string of the molecule is O=C(c1c(F)ccc(NS(=O)(=O)c2ccccc2F)c1F)c1c[nH]c2ncnc(Cl)c12. The molecule has 2 aromatic heterocycles. The first-order valence-electron chi connectivity index (χ1n) is 8.48. The van der Waals surface area contributed by atoms with E-state index in [-0.39, 0.29) is 21.7 Å². The van der Waals surface area contributed by atoms with Gasteiger partial charge in [0.15, 0.2) is 5.82 Å². The minimum absolute atomic E-state index is 0.0466. The van der Waals surface area contributed by atoms with Gasteiger partial charge < -0.3 is 4.98 Å². The Morgan fingerprint density at radius 3 is 2.52 bits per heavy atom. The molecule has 0 aliphatic rings. The first-order valence-corrected chi connectivity index (χ1v) is 10.3. The quantitative estimate of drug-likeness (QED) is 0.341. The van der Waals surface area contributed by atoms with Crippen molar-refractivity contribution in [1.82, 2.24) is 15.0 Å². The van der Waals surface area contributed by atoms with E-state index in [4.69, 9.17) is 11.6 Å². The monoisotopic (exact) mass is 466 g/mol. The molecule has 0 unspecified atom stereocenters. The van der Waals surface area contributed by atoms with Gasteiger partial charge >= 0.3 is 0 Å². The number of sulfonamides is 1. The number of halogens is 4. The van der Waals surface area contributed by atoms with Crippen molar-refractivity contribution < 1.29 is 26.4 Å². The molecule has 0 radical (unpaired) electrons. The summed E-state index contributed by atoms with van der Waals surface area (Å²) in [5.41, 5.74) is -1.82. The third-order valence-corrected chi connectivity index (χ3v) is 6.04. The Morgan fingerprint density at radius 1 is 1.03 bits per heavy atom. The second kappa shape index (κ2) is 7.67. The van der Waals surface area contributed by atoms with E-state index in [0.29, 0.717) is 6.07 Å². The molecule has 0 amide bonds. The molecular formula is C19H10ClF3N4O3S. The summed E-state index contributed by atoms with van der Waals surface area (Å²) in [6.07, 6.45) is 2.29. The van der Waals surface area contributed by atoms with Crippen LogP contribution in [0.15, 0.2) is 53.8 Å². The number of hydrogen-bond donors (Lipinski definition) is 2. The number of nitrogens with one attached hydrogen (secondary N) is 2. The Morgan fingerprint density at radius 2 is 1.77 bits per heavy atom. The largest absolute Gasteiger partial charge is 0.345 e. The summed E-state index contributed by atoms with van der Waals surface area (Å²) in [6, 6.07) is 5.93. The Kier molecular flexibility index (Phi) is 5.15. The smallest absolute Gasteiger partial charge is 0.264 e. The average Bonchev–Trinajstić information content (AvgIpc) is 3.16. The number of ketones is 1. The molecule has 0 atom stereocenters. The van der Waals surface area contributed by atoms with E-state index < -0.39 is 49.4 Å². The van der Waals surface area contributed by atoms with Gasteiger partial charge in [-0.3, -0.25) is 9.52 Å². The molecule has 2 heterocycles. The van der Waals surface area contributed by atoms with Crippen molar-refractivity contribution in [2.75, 3.05) is 4.72 Å². The number of fused-ring (bicyclic) bond motifs is 1. The molecule has 0 saturated heterocycles. The van der Waals surface area contributed by atoms with Gasteiger partial charge in [0.05, 0.1) is 22.2 Å². The fourth-order valence-corrected chi connectivity index (χ4v) is 4.32. The zero-order valence-corrected chi connectivity index (χ0v) is 16.7. The summed E-state index contributed by atoms with van der Waals surface area (Å²) < 4.78 is 70.1. The maximum absolute atomic E-state index is 15.1. The molecule has 2 N–H and O–H groups in total. The first kappa shape index (κ1) is 20.8. The topological polar surface area (TPSA) is 105 Å². The first-order chi connectivity index (χ1) is 14.7. The molecule has 4 aromatic rings. The number of rotatable bonds is 5. The number of aromatic nitrogens is 3. The van der Waals surface area contributed by atoms with Crippen LogP contribution in [0.1, 0.15) is 15.9 Å².